The van der Waals surface area contributed by atoms with Gasteiger partial charge in [0.25, 0.3) is 5.91 Å². The Labute approximate surface area is 136 Å². The lowest BCUT2D eigenvalue weighted by Crippen LogP contribution is -2.21. The number of hydrogen-bond acceptors (Lipinski definition) is 4. The zero-order valence-corrected chi connectivity index (χ0v) is 14.3. The van der Waals surface area contributed by atoms with Crippen molar-refractivity contribution in [3.63, 3.8) is 0 Å². The fourth-order valence-electron chi connectivity index (χ4n) is 2.15. The highest BCUT2D eigenvalue weighted by Crippen LogP contribution is 2.21. The number of sulfonamides is 1. The summed E-state index contributed by atoms with van der Waals surface area (Å²) in [5.74, 6) is 0.0185. The molecule has 0 saturated carbocycles. The number of carbonyl (C=O) groups excluding carboxylic acids is 1. The Morgan fingerprint density at radius 3 is 2.43 bits per heavy atom. The van der Waals surface area contributed by atoms with E-state index in [1.165, 1.54) is 13.1 Å². The summed E-state index contributed by atoms with van der Waals surface area (Å²) in [4.78, 5) is 16.7. The molecule has 1 amide bonds. The second kappa shape index (κ2) is 6.47. The number of nitrogens with one attached hydrogen (secondary N) is 2. The van der Waals surface area contributed by atoms with Crippen molar-refractivity contribution in [3.05, 3.63) is 52.7 Å². The monoisotopic (exact) mass is 333 g/mol. The van der Waals surface area contributed by atoms with E-state index in [2.05, 4.69) is 15.0 Å². The molecule has 2 aromatic rings. The molecule has 0 aliphatic rings. The first-order chi connectivity index (χ1) is 10.7. The predicted molar refractivity (Wildman–Crippen MR) is 89.1 cm³/mol. The predicted octanol–water partition coefficient (Wildman–Crippen LogP) is 2.17. The summed E-state index contributed by atoms with van der Waals surface area (Å²) < 4.78 is 26.5. The molecule has 0 atom stereocenters. The lowest BCUT2D eigenvalue weighted by Gasteiger charge is -2.12. The molecule has 0 aliphatic heterocycles. The SMILES string of the molecule is CNS(=O)(=O)c1cc(C(=O)Nc2cccc(C)n2)cc(C)c1C. The molecule has 0 fully saturated rings. The minimum atomic E-state index is -3.63. The summed E-state index contributed by atoms with van der Waals surface area (Å²) in [5.41, 5.74) is 2.39. The van der Waals surface area contributed by atoms with Crippen molar-refractivity contribution >= 4 is 21.7 Å². The molecular weight excluding hydrogens is 314 g/mol. The molecule has 0 bridgehead atoms. The highest BCUT2D eigenvalue weighted by Gasteiger charge is 2.19. The van der Waals surface area contributed by atoms with E-state index >= 15 is 0 Å². The average Bonchev–Trinajstić information content (AvgIpc) is 2.49. The zero-order chi connectivity index (χ0) is 17.2. The summed E-state index contributed by atoms with van der Waals surface area (Å²) in [7, 11) is -2.29. The second-order valence-electron chi connectivity index (χ2n) is 5.24. The smallest absolute Gasteiger partial charge is 0.256 e. The fourth-order valence-corrected chi connectivity index (χ4v) is 3.21. The Hall–Kier alpha value is -2.25. The lowest BCUT2D eigenvalue weighted by atomic mass is 10.1. The van der Waals surface area contributed by atoms with Gasteiger partial charge in [-0.25, -0.2) is 18.1 Å². The van der Waals surface area contributed by atoms with Crippen LogP contribution in [0.2, 0.25) is 0 Å². The Morgan fingerprint density at radius 1 is 1.13 bits per heavy atom. The van der Waals surface area contributed by atoms with E-state index in [-0.39, 0.29) is 10.5 Å². The first-order valence-electron chi connectivity index (χ1n) is 7.04. The van der Waals surface area contributed by atoms with Crippen LogP contribution in [0.1, 0.15) is 27.2 Å². The number of carbonyl (C=O) groups is 1. The maximum atomic E-state index is 12.4. The third-order valence-corrected chi connectivity index (χ3v) is 5.11. The maximum Gasteiger partial charge on any atom is 0.256 e. The standard InChI is InChI=1S/C16H19N3O3S/c1-10-8-13(9-14(12(10)3)23(21,22)17-4)16(20)19-15-7-5-6-11(2)18-15/h5-9,17H,1-4H3,(H,18,19,20). The van der Waals surface area contributed by atoms with Crippen LogP contribution in [0.5, 0.6) is 0 Å². The van der Waals surface area contributed by atoms with Crippen molar-refractivity contribution in [2.24, 2.45) is 0 Å². The van der Waals surface area contributed by atoms with Gasteiger partial charge in [-0.2, -0.15) is 0 Å². The van der Waals surface area contributed by atoms with Crippen molar-refractivity contribution in [2.75, 3.05) is 12.4 Å². The molecule has 0 radical (unpaired) electrons. The molecule has 122 valence electrons. The number of nitrogens with zero attached hydrogens (tertiary/aromatic N) is 1. The van der Waals surface area contributed by atoms with Gasteiger partial charge in [0.15, 0.2) is 0 Å². The van der Waals surface area contributed by atoms with Crippen LogP contribution in [0.15, 0.2) is 35.2 Å². The molecule has 7 heteroatoms. The first kappa shape index (κ1) is 17.1. The van der Waals surface area contributed by atoms with E-state index in [1.807, 2.05) is 13.0 Å². The van der Waals surface area contributed by atoms with Crippen LogP contribution in [-0.2, 0) is 10.0 Å². The van der Waals surface area contributed by atoms with E-state index in [0.29, 0.717) is 11.4 Å². The fraction of sp³-hybridized carbons (Fsp3) is 0.250. The molecule has 0 spiro atoms. The van der Waals surface area contributed by atoms with Gasteiger partial charge in [-0.1, -0.05) is 6.07 Å². The molecule has 1 aromatic carbocycles. The normalized spacial score (nSPS) is 11.3. The summed E-state index contributed by atoms with van der Waals surface area (Å²) in [6, 6.07) is 8.32. The van der Waals surface area contributed by atoms with Gasteiger partial charge in [0.2, 0.25) is 10.0 Å². The van der Waals surface area contributed by atoms with Crippen LogP contribution in [0, 0.1) is 20.8 Å². The molecule has 0 aliphatic carbocycles. The van der Waals surface area contributed by atoms with Gasteiger partial charge < -0.3 is 5.32 Å². The highest BCUT2D eigenvalue weighted by atomic mass is 32.2. The van der Waals surface area contributed by atoms with Crippen molar-refractivity contribution < 1.29 is 13.2 Å². The first-order valence-corrected chi connectivity index (χ1v) is 8.52. The Balaban J connectivity index is 2.42. The van der Waals surface area contributed by atoms with Crippen molar-refractivity contribution in [3.8, 4) is 0 Å². The number of aryl methyl sites for hydroxylation is 2. The van der Waals surface area contributed by atoms with Crippen LogP contribution in [0.4, 0.5) is 5.82 Å². The van der Waals surface area contributed by atoms with Crippen molar-refractivity contribution in [1.29, 1.82) is 0 Å². The van der Waals surface area contributed by atoms with E-state index < -0.39 is 15.9 Å². The molecule has 6 nitrogen and oxygen atoms in total. The second-order valence-corrected chi connectivity index (χ2v) is 7.10. The van der Waals surface area contributed by atoms with Crippen LogP contribution in [0.25, 0.3) is 0 Å². The summed E-state index contributed by atoms with van der Waals surface area (Å²) in [6.45, 7) is 5.30. The number of aromatic nitrogens is 1. The van der Waals surface area contributed by atoms with Crippen LogP contribution in [-0.4, -0.2) is 26.4 Å². The molecular formula is C16H19N3O3S. The van der Waals surface area contributed by atoms with E-state index in [4.69, 9.17) is 0 Å². The van der Waals surface area contributed by atoms with Gasteiger partial charge >= 0.3 is 0 Å². The van der Waals surface area contributed by atoms with Gasteiger partial charge in [0, 0.05) is 11.3 Å². The van der Waals surface area contributed by atoms with Gasteiger partial charge in [-0.05, 0) is 63.2 Å². The molecule has 1 aromatic heterocycles. The number of hydrogen-bond donors (Lipinski definition) is 2. The Bertz CT molecular complexity index is 861. The average molecular weight is 333 g/mol. The topological polar surface area (TPSA) is 88.2 Å². The molecule has 0 saturated heterocycles. The van der Waals surface area contributed by atoms with Crippen molar-refractivity contribution in [2.45, 2.75) is 25.7 Å². The number of benzene rings is 1. The maximum absolute atomic E-state index is 12.4. The van der Waals surface area contributed by atoms with E-state index in [1.54, 1.807) is 32.0 Å². The van der Waals surface area contributed by atoms with E-state index in [0.717, 1.165) is 11.3 Å². The lowest BCUT2D eigenvalue weighted by molar-refractivity contribution is 0.102. The number of amides is 1. The van der Waals surface area contributed by atoms with Crippen molar-refractivity contribution in [1.82, 2.24) is 9.71 Å². The number of anilines is 1. The molecule has 2 rings (SSSR count). The summed E-state index contributed by atoms with van der Waals surface area (Å²) in [5, 5.41) is 2.68. The molecule has 1 heterocycles. The number of pyridine rings is 1. The molecule has 23 heavy (non-hydrogen) atoms. The largest absolute Gasteiger partial charge is 0.307 e. The molecule has 0 unspecified atom stereocenters. The summed E-state index contributed by atoms with van der Waals surface area (Å²) in [6.07, 6.45) is 0. The van der Waals surface area contributed by atoms with Gasteiger partial charge in [0.1, 0.15) is 5.82 Å². The summed E-state index contributed by atoms with van der Waals surface area (Å²) >= 11 is 0. The van der Waals surface area contributed by atoms with Gasteiger partial charge in [0.05, 0.1) is 4.90 Å². The van der Waals surface area contributed by atoms with Crippen LogP contribution >= 0.6 is 0 Å². The minimum Gasteiger partial charge on any atom is -0.307 e. The van der Waals surface area contributed by atoms with Gasteiger partial charge in [-0.15, -0.1) is 0 Å². The molecule has 2 N–H and O–H groups in total. The quantitative estimate of drug-likeness (QED) is 0.897. The highest BCUT2D eigenvalue weighted by molar-refractivity contribution is 7.89. The third kappa shape index (κ3) is 3.75. The zero-order valence-electron chi connectivity index (χ0n) is 13.5. The van der Waals surface area contributed by atoms with E-state index in [9.17, 15) is 13.2 Å². The third-order valence-electron chi connectivity index (χ3n) is 3.57. The van der Waals surface area contributed by atoms with Crippen LogP contribution in [0.3, 0.4) is 0 Å². The minimum absolute atomic E-state index is 0.0994. The Kier molecular flexibility index (Phi) is 4.82. The Morgan fingerprint density at radius 2 is 1.83 bits per heavy atom. The number of rotatable bonds is 4. The van der Waals surface area contributed by atoms with Gasteiger partial charge in [-0.3, -0.25) is 4.79 Å². The van der Waals surface area contributed by atoms with Crippen LogP contribution < -0.4 is 10.0 Å².